The molecule has 1 aliphatic heterocycles. The van der Waals surface area contributed by atoms with E-state index < -0.39 is 0 Å². The highest BCUT2D eigenvalue weighted by atomic mass is 16.5. The van der Waals surface area contributed by atoms with Gasteiger partial charge < -0.3 is 15.2 Å². The van der Waals surface area contributed by atoms with E-state index in [9.17, 15) is 5.11 Å². The molecular weight excluding hydrogens is 202 g/mol. The minimum Gasteiger partial charge on any atom is -0.504 e. The van der Waals surface area contributed by atoms with Crippen molar-refractivity contribution in [1.29, 1.82) is 0 Å². The van der Waals surface area contributed by atoms with Crippen molar-refractivity contribution in [3.8, 4) is 11.5 Å². The molecule has 3 nitrogen and oxygen atoms in total. The Morgan fingerprint density at radius 3 is 2.88 bits per heavy atom. The van der Waals surface area contributed by atoms with Crippen molar-refractivity contribution in [2.24, 2.45) is 0 Å². The van der Waals surface area contributed by atoms with Crippen LogP contribution < -0.4 is 10.1 Å². The second kappa shape index (κ2) is 4.74. The molecule has 1 unspecified atom stereocenters. The smallest absolute Gasteiger partial charge is 0.163 e. The molecule has 1 fully saturated rings. The Labute approximate surface area is 96.4 Å². The number of ether oxygens (including phenoxy) is 1. The summed E-state index contributed by atoms with van der Waals surface area (Å²) in [5, 5.41) is 13.3. The molecular formula is C13H19NO2. The SMILES string of the molecule is COc1c(C)cc(CC2CCCN2)cc1O. The second-order valence-corrected chi connectivity index (χ2v) is 4.46. The van der Waals surface area contributed by atoms with E-state index in [1.165, 1.54) is 18.4 Å². The van der Waals surface area contributed by atoms with Crippen molar-refractivity contribution >= 4 is 0 Å². The highest BCUT2D eigenvalue weighted by molar-refractivity contribution is 5.48. The van der Waals surface area contributed by atoms with Gasteiger partial charge in [-0.15, -0.1) is 0 Å². The number of nitrogens with one attached hydrogen (secondary N) is 1. The molecule has 0 radical (unpaired) electrons. The molecule has 0 spiro atoms. The van der Waals surface area contributed by atoms with Crippen molar-refractivity contribution in [2.75, 3.05) is 13.7 Å². The van der Waals surface area contributed by atoms with Gasteiger partial charge in [0.25, 0.3) is 0 Å². The summed E-state index contributed by atoms with van der Waals surface area (Å²) >= 11 is 0. The standard InChI is InChI=1S/C13H19NO2/c1-9-6-10(7-11-4-3-5-14-11)8-12(15)13(9)16-2/h6,8,11,14-15H,3-5,7H2,1-2H3. The molecule has 0 aromatic heterocycles. The monoisotopic (exact) mass is 221 g/mol. The zero-order valence-electron chi connectivity index (χ0n) is 9.92. The van der Waals surface area contributed by atoms with Gasteiger partial charge in [-0.2, -0.15) is 0 Å². The van der Waals surface area contributed by atoms with Crippen molar-refractivity contribution in [2.45, 2.75) is 32.2 Å². The summed E-state index contributed by atoms with van der Waals surface area (Å²) in [5.74, 6) is 0.832. The zero-order chi connectivity index (χ0) is 11.5. The first kappa shape index (κ1) is 11.3. The van der Waals surface area contributed by atoms with Crippen LogP contribution in [-0.4, -0.2) is 24.8 Å². The number of hydrogen-bond acceptors (Lipinski definition) is 3. The van der Waals surface area contributed by atoms with Crippen LogP contribution >= 0.6 is 0 Å². The van der Waals surface area contributed by atoms with Gasteiger partial charge in [0.1, 0.15) is 0 Å². The number of phenols is 1. The number of aromatic hydroxyl groups is 1. The van der Waals surface area contributed by atoms with Gasteiger partial charge in [-0.25, -0.2) is 0 Å². The number of phenolic OH excluding ortho intramolecular Hbond substituents is 1. The first-order valence-corrected chi connectivity index (χ1v) is 5.80. The summed E-state index contributed by atoms with van der Waals surface area (Å²) in [7, 11) is 1.58. The maximum absolute atomic E-state index is 9.80. The fourth-order valence-corrected chi connectivity index (χ4v) is 2.43. The Hall–Kier alpha value is -1.22. The summed E-state index contributed by atoms with van der Waals surface area (Å²) in [6.07, 6.45) is 3.47. The van der Waals surface area contributed by atoms with Crippen LogP contribution in [0.25, 0.3) is 0 Å². The summed E-state index contributed by atoms with van der Waals surface area (Å²) in [6, 6.07) is 4.47. The first-order chi connectivity index (χ1) is 7.70. The van der Waals surface area contributed by atoms with E-state index in [4.69, 9.17) is 4.74 Å². The predicted molar refractivity (Wildman–Crippen MR) is 64.1 cm³/mol. The molecule has 0 bridgehead atoms. The quantitative estimate of drug-likeness (QED) is 0.820. The molecule has 1 aliphatic rings. The van der Waals surface area contributed by atoms with E-state index >= 15 is 0 Å². The highest BCUT2D eigenvalue weighted by Crippen LogP contribution is 2.31. The minimum absolute atomic E-state index is 0.246. The fourth-order valence-electron chi connectivity index (χ4n) is 2.43. The molecule has 88 valence electrons. The number of methoxy groups -OCH3 is 1. The average Bonchev–Trinajstić information content (AvgIpc) is 2.70. The third kappa shape index (κ3) is 2.30. The van der Waals surface area contributed by atoms with Gasteiger partial charge in [0.05, 0.1) is 7.11 Å². The van der Waals surface area contributed by atoms with Gasteiger partial charge in [-0.1, -0.05) is 6.07 Å². The maximum atomic E-state index is 9.80. The van der Waals surface area contributed by atoms with Crippen LogP contribution in [0.3, 0.4) is 0 Å². The third-order valence-electron chi connectivity index (χ3n) is 3.16. The molecule has 1 aromatic carbocycles. The van der Waals surface area contributed by atoms with Gasteiger partial charge in [0.15, 0.2) is 11.5 Å². The van der Waals surface area contributed by atoms with Crippen LogP contribution in [0.1, 0.15) is 24.0 Å². The number of benzene rings is 1. The predicted octanol–water partition coefficient (Wildman–Crippen LogP) is 2.00. The van der Waals surface area contributed by atoms with E-state index in [0.717, 1.165) is 18.5 Å². The number of hydrogen-bond donors (Lipinski definition) is 2. The van der Waals surface area contributed by atoms with Gasteiger partial charge >= 0.3 is 0 Å². The zero-order valence-corrected chi connectivity index (χ0v) is 9.92. The van der Waals surface area contributed by atoms with Crippen molar-refractivity contribution in [1.82, 2.24) is 5.32 Å². The third-order valence-corrected chi connectivity index (χ3v) is 3.16. The molecule has 2 rings (SSSR count). The van der Waals surface area contributed by atoms with E-state index in [2.05, 4.69) is 11.4 Å². The first-order valence-electron chi connectivity index (χ1n) is 5.80. The molecule has 0 saturated carbocycles. The van der Waals surface area contributed by atoms with Crippen LogP contribution in [0, 0.1) is 6.92 Å². The van der Waals surface area contributed by atoms with Crippen LogP contribution in [0.15, 0.2) is 12.1 Å². The summed E-state index contributed by atoms with van der Waals surface area (Å²) in [6.45, 7) is 3.08. The highest BCUT2D eigenvalue weighted by Gasteiger charge is 2.16. The number of rotatable bonds is 3. The lowest BCUT2D eigenvalue weighted by molar-refractivity contribution is 0.370. The van der Waals surface area contributed by atoms with Crippen LogP contribution in [0.5, 0.6) is 11.5 Å². The fraction of sp³-hybridized carbons (Fsp3) is 0.538. The Kier molecular flexibility index (Phi) is 3.34. The molecule has 1 saturated heterocycles. The molecule has 0 aliphatic carbocycles. The van der Waals surface area contributed by atoms with E-state index in [0.29, 0.717) is 11.8 Å². The van der Waals surface area contributed by atoms with E-state index in [-0.39, 0.29) is 5.75 Å². The lowest BCUT2D eigenvalue weighted by Gasteiger charge is -2.13. The van der Waals surface area contributed by atoms with Gasteiger partial charge in [-0.3, -0.25) is 0 Å². The summed E-state index contributed by atoms with van der Waals surface area (Å²) in [4.78, 5) is 0. The average molecular weight is 221 g/mol. The Balaban J connectivity index is 2.15. The summed E-state index contributed by atoms with van der Waals surface area (Å²) in [5.41, 5.74) is 2.17. The van der Waals surface area contributed by atoms with Gasteiger partial charge in [0, 0.05) is 6.04 Å². The van der Waals surface area contributed by atoms with E-state index in [1.54, 1.807) is 7.11 Å². The minimum atomic E-state index is 0.246. The summed E-state index contributed by atoms with van der Waals surface area (Å²) < 4.78 is 5.14. The molecule has 1 atom stereocenters. The Morgan fingerprint density at radius 2 is 2.31 bits per heavy atom. The Morgan fingerprint density at radius 1 is 1.50 bits per heavy atom. The number of aryl methyl sites for hydroxylation is 1. The van der Waals surface area contributed by atoms with Crippen molar-refractivity contribution in [3.63, 3.8) is 0 Å². The van der Waals surface area contributed by atoms with E-state index in [1.807, 2.05) is 13.0 Å². The maximum Gasteiger partial charge on any atom is 0.163 e. The van der Waals surface area contributed by atoms with Crippen LogP contribution in [0.2, 0.25) is 0 Å². The second-order valence-electron chi connectivity index (χ2n) is 4.46. The molecule has 0 amide bonds. The van der Waals surface area contributed by atoms with Crippen molar-refractivity contribution in [3.05, 3.63) is 23.3 Å². The molecule has 3 heteroatoms. The van der Waals surface area contributed by atoms with Gasteiger partial charge in [-0.05, 0) is 49.9 Å². The molecule has 16 heavy (non-hydrogen) atoms. The lowest BCUT2D eigenvalue weighted by atomic mass is 10.0. The van der Waals surface area contributed by atoms with Crippen LogP contribution in [-0.2, 0) is 6.42 Å². The lowest BCUT2D eigenvalue weighted by Crippen LogP contribution is -2.23. The van der Waals surface area contributed by atoms with Gasteiger partial charge in [0.2, 0.25) is 0 Å². The molecule has 1 heterocycles. The largest absolute Gasteiger partial charge is 0.504 e. The van der Waals surface area contributed by atoms with Crippen molar-refractivity contribution < 1.29 is 9.84 Å². The van der Waals surface area contributed by atoms with Crippen LogP contribution in [0.4, 0.5) is 0 Å². The normalized spacial score (nSPS) is 20.0. The topological polar surface area (TPSA) is 41.5 Å². The Bertz CT molecular complexity index is 347. The molecule has 1 aromatic rings. The molecule has 2 N–H and O–H groups in total.